The summed E-state index contributed by atoms with van der Waals surface area (Å²) < 4.78 is 0. The maximum absolute atomic E-state index is 4.81. The molecule has 0 atom stereocenters. The van der Waals surface area contributed by atoms with Crippen LogP contribution < -0.4 is 10.6 Å². The van der Waals surface area contributed by atoms with Gasteiger partial charge in [-0.1, -0.05) is 39.0 Å². The van der Waals surface area contributed by atoms with Crippen LogP contribution in [0.4, 0.5) is 11.5 Å². The second-order valence-corrected chi connectivity index (χ2v) is 7.13. The van der Waals surface area contributed by atoms with Crippen molar-refractivity contribution in [3.05, 3.63) is 48.7 Å². The molecule has 3 aromatic rings. The van der Waals surface area contributed by atoms with Crippen LogP contribution >= 0.6 is 0 Å². The summed E-state index contributed by atoms with van der Waals surface area (Å²) in [6, 6.07) is 14.3. The molecular formula is C20H24N4. The van der Waals surface area contributed by atoms with Gasteiger partial charge in [0.15, 0.2) is 0 Å². The van der Waals surface area contributed by atoms with E-state index in [1.807, 2.05) is 31.4 Å². The molecule has 124 valence electrons. The Morgan fingerprint density at radius 1 is 1.00 bits per heavy atom. The molecule has 4 heteroatoms. The summed E-state index contributed by atoms with van der Waals surface area (Å²) in [6.07, 6.45) is 1.82. The number of fused-ring (bicyclic) bond motifs is 1. The standard InChI is InChI=1S/C20H24N4/c1-20(2,3)13-23-18-11-10-17(24-19(18)21-4)15-7-5-9-16-14(15)8-6-12-22-16/h5-12,23H,13H2,1-4H3,(H,21,24). The second-order valence-electron chi connectivity index (χ2n) is 7.13. The highest BCUT2D eigenvalue weighted by Crippen LogP contribution is 2.30. The largest absolute Gasteiger partial charge is 0.382 e. The highest BCUT2D eigenvalue weighted by Gasteiger charge is 2.13. The monoisotopic (exact) mass is 320 g/mol. The van der Waals surface area contributed by atoms with Gasteiger partial charge >= 0.3 is 0 Å². The highest BCUT2D eigenvalue weighted by atomic mass is 15.0. The zero-order chi connectivity index (χ0) is 17.2. The van der Waals surface area contributed by atoms with E-state index in [1.165, 1.54) is 0 Å². The molecule has 2 heterocycles. The summed E-state index contributed by atoms with van der Waals surface area (Å²) in [7, 11) is 1.90. The molecule has 3 rings (SSSR count). The molecule has 0 aliphatic carbocycles. The molecule has 0 aliphatic rings. The molecule has 24 heavy (non-hydrogen) atoms. The molecule has 0 fully saturated rings. The van der Waals surface area contributed by atoms with Crippen molar-refractivity contribution in [3.63, 3.8) is 0 Å². The Morgan fingerprint density at radius 3 is 2.58 bits per heavy atom. The van der Waals surface area contributed by atoms with Crippen molar-refractivity contribution < 1.29 is 0 Å². The molecule has 0 saturated heterocycles. The Balaban J connectivity index is 2.00. The van der Waals surface area contributed by atoms with E-state index in [9.17, 15) is 0 Å². The third-order valence-corrected chi connectivity index (χ3v) is 3.86. The molecule has 0 radical (unpaired) electrons. The Labute approximate surface area is 143 Å². The average Bonchev–Trinajstić information content (AvgIpc) is 2.58. The van der Waals surface area contributed by atoms with Gasteiger partial charge in [0.05, 0.1) is 16.9 Å². The summed E-state index contributed by atoms with van der Waals surface area (Å²) >= 11 is 0. The first-order valence-electron chi connectivity index (χ1n) is 8.25. The highest BCUT2D eigenvalue weighted by molar-refractivity contribution is 5.94. The van der Waals surface area contributed by atoms with Crippen molar-refractivity contribution in [1.29, 1.82) is 0 Å². The van der Waals surface area contributed by atoms with Crippen LogP contribution in [0.3, 0.4) is 0 Å². The van der Waals surface area contributed by atoms with Crippen molar-refractivity contribution in [2.24, 2.45) is 5.41 Å². The van der Waals surface area contributed by atoms with Gasteiger partial charge in [-0.05, 0) is 29.7 Å². The molecule has 0 unspecified atom stereocenters. The van der Waals surface area contributed by atoms with Crippen LogP contribution in [0.15, 0.2) is 48.7 Å². The predicted molar refractivity (Wildman–Crippen MR) is 102 cm³/mol. The van der Waals surface area contributed by atoms with E-state index in [1.54, 1.807) is 0 Å². The average molecular weight is 320 g/mol. The number of anilines is 2. The van der Waals surface area contributed by atoms with E-state index in [0.29, 0.717) is 0 Å². The fraction of sp³-hybridized carbons (Fsp3) is 0.300. The van der Waals surface area contributed by atoms with Crippen LogP contribution in [-0.2, 0) is 0 Å². The van der Waals surface area contributed by atoms with Gasteiger partial charge in [0.2, 0.25) is 0 Å². The first-order chi connectivity index (χ1) is 11.5. The molecular weight excluding hydrogens is 296 g/mol. The van der Waals surface area contributed by atoms with Gasteiger partial charge in [-0.2, -0.15) is 0 Å². The van der Waals surface area contributed by atoms with Crippen molar-refractivity contribution in [3.8, 4) is 11.3 Å². The van der Waals surface area contributed by atoms with E-state index in [4.69, 9.17) is 4.98 Å². The number of aromatic nitrogens is 2. The van der Waals surface area contributed by atoms with Crippen LogP contribution in [-0.4, -0.2) is 23.6 Å². The maximum atomic E-state index is 4.81. The predicted octanol–water partition coefficient (Wildman–Crippen LogP) is 4.80. The smallest absolute Gasteiger partial charge is 0.149 e. The van der Waals surface area contributed by atoms with Gasteiger partial charge in [-0.15, -0.1) is 0 Å². The quantitative estimate of drug-likeness (QED) is 0.725. The number of pyridine rings is 2. The molecule has 0 aliphatic heterocycles. The van der Waals surface area contributed by atoms with Crippen molar-refractivity contribution in [2.45, 2.75) is 20.8 Å². The summed E-state index contributed by atoms with van der Waals surface area (Å²) in [5, 5.41) is 7.80. The van der Waals surface area contributed by atoms with Gasteiger partial charge in [0.25, 0.3) is 0 Å². The Bertz CT molecular complexity index is 844. The van der Waals surface area contributed by atoms with Gasteiger partial charge < -0.3 is 10.6 Å². The molecule has 4 nitrogen and oxygen atoms in total. The second kappa shape index (κ2) is 6.48. The topological polar surface area (TPSA) is 49.8 Å². The van der Waals surface area contributed by atoms with E-state index < -0.39 is 0 Å². The molecule has 0 saturated carbocycles. The molecule has 2 aromatic heterocycles. The van der Waals surface area contributed by atoms with Crippen LogP contribution in [0.25, 0.3) is 22.2 Å². The lowest BCUT2D eigenvalue weighted by molar-refractivity contribution is 0.443. The zero-order valence-electron chi connectivity index (χ0n) is 14.7. The normalized spacial score (nSPS) is 11.5. The SMILES string of the molecule is CNc1nc(-c2cccc3ncccc23)ccc1NCC(C)(C)C. The van der Waals surface area contributed by atoms with Gasteiger partial charge in [-0.3, -0.25) is 4.98 Å². The first kappa shape index (κ1) is 16.2. The summed E-state index contributed by atoms with van der Waals surface area (Å²) in [5.74, 6) is 0.859. The fourth-order valence-corrected chi connectivity index (χ4v) is 2.63. The van der Waals surface area contributed by atoms with E-state index in [2.05, 4.69) is 60.7 Å². The molecule has 0 bridgehead atoms. The summed E-state index contributed by atoms with van der Waals surface area (Å²) in [5.41, 5.74) is 4.26. The van der Waals surface area contributed by atoms with Crippen LogP contribution in [0.2, 0.25) is 0 Å². The number of nitrogens with zero attached hydrogens (tertiary/aromatic N) is 2. The minimum atomic E-state index is 0.213. The lowest BCUT2D eigenvalue weighted by Gasteiger charge is -2.21. The molecule has 0 amide bonds. The third kappa shape index (κ3) is 3.48. The number of hydrogen-bond acceptors (Lipinski definition) is 4. The van der Waals surface area contributed by atoms with Crippen molar-refractivity contribution >= 4 is 22.4 Å². The van der Waals surface area contributed by atoms with Crippen LogP contribution in [0, 0.1) is 5.41 Å². The lowest BCUT2D eigenvalue weighted by Crippen LogP contribution is -2.19. The Hall–Kier alpha value is -2.62. The van der Waals surface area contributed by atoms with Gasteiger partial charge in [-0.25, -0.2) is 4.98 Å². The fourth-order valence-electron chi connectivity index (χ4n) is 2.63. The zero-order valence-corrected chi connectivity index (χ0v) is 14.7. The molecule has 0 spiro atoms. The van der Waals surface area contributed by atoms with Crippen LogP contribution in [0.5, 0.6) is 0 Å². The Kier molecular flexibility index (Phi) is 4.38. The molecule has 2 N–H and O–H groups in total. The summed E-state index contributed by atoms with van der Waals surface area (Å²) in [4.78, 5) is 9.24. The first-order valence-corrected chi connectivity index (χ1v) is 8.25. The number of rotatable bonds is 4. The molecule has 1 aromatic carbocycles. The van der Waals surface area contributed by atoms with E-state index in [-0.39, 0.29) is 5.41 Å². The number of benzene rings is 1. The third-order valence-electron chi connectivity index (χ3n) is 3.86. The number of hydrogen-bond donors (Lipinski definition) is 2. The number of nitrogens with one attached hydrogen (secondary N) is 2. The van der Waals surface area contributed by atoms with E-state index in [0.717, 1.165) is 40.2 Å². The summed E-state index contributed by atoms with van der Waals surface area (Å²) in [6.45, 7) is 7.53. The van der Waals surface area contributed by atoms with E-state index >= 15 is 0 Å². The Morgan fingerprint density at radius 2 is 1.83 bits per heavy atom. The maximum Gasteiger partial charge on any atom is 0.149 e. The minimum Gasteiger partial charge on any atom is -0.382 e. The van der Waals surface area contributed by atoms with Gasteiger partial charge in [0.1, 0.15) is 5.82 Å². The van der Waals surface area contributed by atoms with Crippen molar-refractivity contribution in [2.75, 3.05) is 24.2 Å². The van der Waals surface area contributed by atoms with Crippen LogP contribution in [0.1, 0.15) is 20.8 Å². The van der Waals surface area contributed by atoms with Crippen molar-refractivity contribution in [1.82, 2.24) is 9.97 Å². The lowest BCUT2D eigenvalue weighted by atomic mass is 9.97. The van der Waals surface area contributed by atoms with Gasteiger partial charge in [0, 0.05) is 30.7 Å². The minimum absolute atomic E-state index is 0.213.